The number of piperazine rings is 1. The third-order valence-electron chi connectivity index (χ3n) is 4.25. The Labute approximate surface area is 131 Å². The van der Waals surface area contributed by atoms with Crippen molar-refractivity contribution in [3.8, 4) is 0 Å². The number of para-hydroxylation sites is 1. The molecule has 0 aliphatic carbocycles. The largest absolute Gasteiger partial charge is 0.364 e. The molecule has 0 amide bonds. The number of anilines is 1. The third kappa shape index (κ3) is 3.07. The molecule has 0 bridgehead atoms. The van der Waals surface area contributed by atoms with Crippen LogP contribution in [0.5, 0.6) is 0 Å². The lowest BCUT2D eigenvalue weighted by molar-refractivity contribution is 0.393. The van der Waals surface area contributed by atoms with E-state index in [1.54, 1.807) is 0 Å². The van der Waals surface area contributed by atoms with Gasteiger partial charge in [0.15, 0.2) is 0 Å². The van der Waals surface area contributed by atoms with Crippen LogP contribution < -0.4 is 10.2 Å². The van der Waals surface area contributed by atoms with Crippen LogP contribution in [0.2, 0.25) is 5.02 Å². The van der Waals surface area contributed by atoms with E-state index in [4.69, 9.17) is 11.6 Å². The molecule has 1 fully saturated rings. The van der Waals surface area contributed by atoms with Gasteiger partial charge in [0.05, 0.1) is 10.7 Å². The van der Waals surface area contributed by atoms with Crippen LogP contribution in [0.3, 0.4) is 0 Å². The van der Waals surface area contributed by atoms with Crippen molar-refractivity contribution >= 4 is 17.3 Å². The van der Waals surface area contributed by atoms with Crippen LogP contribution in [-0.4, -0.2) is 19.1 Å². The fourth-order valence-electron chi connectivity index (χ4n) is 3.05. The molecule has 2 aromatic rings. The number of halogens is 1. The number of hydrogen-bond acceptors (Lipinski definition) is 2. The maximum atomic E-state index is 6.41. The van der Waals surface area contributed by atoms with Gasteiger partial charge in [0, 0.05) is 25.2 Å². The zero-order chi connectivity index (χ0) is 14.7. The SMILES string of the molecule is CCC1CNC(c2ccccc2)CN1c1ccccc1Cl. The van der Waals surface area contributed by atoms with Crippen LogP contribution in [0.25, 0.3) is 0 Å². The van der Waals surface area contributed by atoms with Crippen molar-refractivity contribution in [2.24, 2.45) is 0 Å². The molecule has 2 aromatic carbocycles. The van der Waals surface area contributed by atoms with Crippen molar-refractivity contribution in [1.82, 2.24) is 5.32 Å². The van der Waals surface area contributed by atoms with E-state index in [2.05, 4.69) is 59.6 Å². The Hall–Kier alpha value is -1.51. The average molecular weight is 301 g/mol. The van der Waals surface area contributed by atoms with Crippen molar-refractivity contribution < 1.29 is 0 Å². The van der Waals surface area contributed by atoms with Crippen LogP contribution in [-0.2, 0) is 0 Å². The second-order valence-electron chi connectivity index (χ2n) is 5.54. The monoisotopic (exact) mass is 300 g/mol. The summed E-state index contributed by atoms with van der Waals surface area (Å²) in [6.07, 6.45) is 1.11. The molecule has 2 unspecified atom stereocenters. The highest BCUT2D eigenvalue weighted by atomic mass is 35.5. The summed E-state index contributed by atoms with van der Waals surface area (Å²) in [5.74, 6) is 0. The molecule has 2 nitrogen and oxygen atoms in total. The van der Waals surface area contributed by atoms with Gasteiger partial charge >= 0.3 is 0 Å². The number of benzene rings is 2. The Morgan fingerprint density at radius 1 is 1.10 bits per heavy atom. The second kappa shape index (κ2) is 6.50. The van der Waals surface area contributed by atoms with Gasteiger partial charge in [-0.15, -0.1) is 0 Å². The summed E-state index contributed by atoms with van der Waals surface area (Å²) >= 11 is 6.41. The molecule has 3 rings (SSSR count). The maximum absolute atomic E-state index is 6.41. The Morgan fingerprint density at radius 3 is 2.52 bits per heavy atom. The topological polar surface area (TPSA) is 15.3 Å². The molecule has 1 heterocycles. The van der Waals surface area contributed by atoms with Gasteiger partial charge in [0.1, 0.15) is 0 Å². The van der Waals surface area contributed by atoms with Gasteiger partial charge < -0.3 is 10.2 Å². The normalized spacial score (nSPS) is 22.3. The van der Waals surface area contributed by atoms with Crippen LogP contribution in [0.4, 0.5) is 5.69 Å². The number of hydrogen-bond donors (Lipinski definition) is 1. The standard InChI is InChI=1S/C18H21ClN2/c1-2-15-12-20-17(14-8-4-3-5-9-14)13-21(15)18-11-7-6-10-16(18)19/h3-11,15,17,20H,2,12-13H2,1H3. The summed E-state index contributed by atoms with van der Waals surface area (Å²) in [4.78, 5) is 2.45. The summed E-state index contributed by atoms with van der Waals surface area (Å²) in [5, 5.41) is 4.51. The zero-order valence-corrected chi connectivity index (χ0v) is 13.1. The quantitative estimate of drug-likeness (QED) is 0.910. The molecule has 21 heavy (non-hydrogen) atoms. The molecule has 0 spiro atoms. The molecule has 1 aliphatic rings. The molecule has 0 saturated carbocycles. The summed E-state index contributed by atoms with van der Waals surface area (Å²) in [7, 11) is 0. The van der Waals surface area contributed by atoms with Gasteiger partial charge in [-0.25, -0.2) is 0 Å². The first kappa shape index (κ1) is 14.4. The van der Waals surface area contributed by atoms with Gasteiger partial charge in [-0.1, -0.05) is 61.0 Å². The van der Waals surface area contributed by atoms with E-state index in [1.807, 2.05) is 12.1 Å². The third-order valence-corrected chi connectivity index (χ3v) is 4.57. The second-order valence-corrected chi connectivity index (χ2v) is 5.94. The van der Waals surface area contributed by atoms with E-state index in [0.717, 1.165) is 30.2 Å². The van der Waals surface area contributed by atoms with Crippen LogP contribution >= 0.6 is 11.6 Å². The first-order valence-corrected chi connectivity index (χ1v) is 7.97. The fraction of sp³-hybridized carbons (Fsp3) is 0.333. The number of nitrogens with one attached hydrogen (secondary N) is 1. The molecule has 0 radical (unpaired) electrons. The van der Waals surface area contributed by atoms with E-state index in [-0.39, 0.29) is 0 Å². The summed E-state index contributed by atoms with van der Waals surface area (Å²) in [6.45, 7) is 4.17. The number of rotatable bonds is 3. The summed E-state index contributed by atoms with van der Waals surface area (Å²) < 4.78 is 0. The Morgan fingerprint density at radius 2 is 1.81 bits per heavy atom. The van der Waals surface area contributed by atoms with E-state index in [1.165, 1.54) is 5.56 Å². The molecule has 3 heteroatoms. The first-order chi connectivity index (χ1) is 10.3. The minimum absolute atomic E-state index is 0.352. The highest BCUT2D eigenvalue weighted by Crippen LogP contribution is 2.31. The predicted octanol–water partition coefficient (Wildman–Crippen LogP) is 4.27. The van der Waals surface area contributed by atoms with Gasteiger partial charge in [0.25, 0.3) is 0 Å². The summed E-state index contributed by atoms with van der Waals surface area (Å²) in [6, 6.07) is 19.6. The van der Waals surface area contributed by atoms with Gasteiger partial charge in [-0.05, 0) is 24.1 Å². The molecule has 1 aliphatic heterocycles. The molecule has 0 aromatic heterocycles. The summed E-state index contributed by atoms with van der Waals surface area (Å²) in [5.41, 5.74) is 2.48. The lowest BCUT2D eigenvalue weighted by Crippen LogP contribution is -2.52. The van der Waals surface area contributed by atoms with Crippen molar-refractivity contribution in [1.29, 1.82) is 0 Å². The zero-order valence-electron chi connectivity index (χ0n) is 12.3. The van der Waals surface area contributed by atoms with E-state index in [0.29, 0.717) is 12.1 Å². The average Bonchev–Trinajstić information content (AvgIpc) is 2.55. The van der Waals surface area contributed by atoms with Crippen molar-refractivity contribution in [3.63, 3.8) is 0 Å². The van der Waals surface area contributed by atoms with Gasteiger partial charge in [0.2, 0.25) is 0 Å². The van der Waals surface area contributed by atoms with Crippen LogP contribution in [0.1, 0.15) is 24.9 Å². The van der Waals surface area contributed by atoms with Crippen LogP contribution in [0, 0.1) is 0 Å². The minimum atomic E-state index is 0.352. The smallest absolute Gasteiger partial charge is 0.0639 e. The molecular formula is C18H21ClN2. The lowest BCUT2D eigenvalue weighted by atomic mass is 10.00. The predicted molar refractivity (Wildman–Crippen MR) is 90.1 cm³/mol. The molecule has 1 N–H and O–H groups in total. The Kier molecular flexibility index (Phi) is 4.47. The van der Waals surface area contributed by atoms with Gasteiger partial charge in [-0.3, -0.25) is 0 Å². The highest BCUT2D eigenvalue weighted by Gasteiger charge is 2.28. The van der Waals surface area contributed by atoms with Crippen LogP contribution in [0.15, 0.2) is 54.6 Å². The van der Waals surface area contributed by atoms with Crippen molar-refractivity contribution in [2.45, 2.75) is 25.4 Å². The van der Waals surface area contributed by atoms with Crippen molar-refractivity contribution in [3.05, 3.63) is 65.2 Å². The molecule has 1 saturated heterocycles. The van der Waals surface area contributed by atoms with E-state index in [9.17, 15) is 0 Å². The first-order valence-electron chi connectivity index (χ1n) is 7.59. The molecule has 110 valence electrons. The van der Waals surface area contributed by atoms with Gasteiger partial charge in [-0.2, -0.15) is 0 Å². The lowest BCUT2D eigenvalue weighted by Gasteiger charge is -2.42. The Balaban J connectivity index is 1.88. The fourth-order valence-corrected chi connectivity index (χ4v) is 3.30. The van der Waals surface area contributed by atoms with Crippen molar-refractivity contribution in [2.75, 3.05) is 18.0 Å². The maximum Gasteiger partial charge on any atom is 0.0639 e. The minimum Gasteiger partial charge on any atom is -0.364 e. The Bertz CT molecular complexity index is 585. The number of nitrogens with zero attached hydrogens (tertiary/aromatic N) is 1. The van der Waals surface area contributed by atoms with E-state index < -0.39 is 0 Å². The molecular weight excluding hydrogens is 280 g/mol. The highest BCUT2D eigenvalue weighted by molar-refractivity contribution is 6.33. The van der Waals surface area contributed by atoms with E-state index >= 15 is 0 Å². The molecule has 2 atom stereocenters.